The van der Waals surface area contributed by atoms with Gasteiger partial charge in [-0.05, 0) is 25.1 Å². The van der Waals surface area contributed by atoms with E-state index in [2.05, 4.69) is 10.1 Å². The molecule has 1 rings (SSSR count). The fraction of sp³-hybridized carbons (Fsp3) is 0.333. The monoisotopic (exact) mass is 252 g/mol. The number of hydrogen-bond acceptors (Lipinski definition) is 5. The Balaban J connectivity index is 2.72. The Bertz CT molecular complexity index is 457. The van der Waals surface area contributed by atoms with Crippen LogP contribution < -0.4 is 11.1 Å². The largest absolute Gasteiger partial charge is 0.467 e. The quantitative estimate of drug-likeness (QED) is 0.646. The van der Waals surface area contributed by atoms with E-state index in [1.54, 1.807) is 18.2 Å². The first-order chi connectivity index (χ1) is 8.36. The highest BCUT2D eigenvalue weighted by molar-refractivity contribution is 5.93. The van der Waals surface area contributed by atoms with Gasteiger partial charge in [0.25, 0.3) is 0 Å². The van der Waals surface area contributed by atoms with Crippen molar-refractivity contribution < 1.29 is 19.4 Å². The molecule has 98 valence electrons. The number of methoxy groups -OCH3 is 1. The van der Waals surface area contributed by atoms with Crippen LogP contribution in [0.5, 0.6) is 0 Å². The molecule has 1 aromatic rings. The Morgan fingerprint density at radius 2 is 2.17 bits per heavy atom. The number of carbonyl (C=O) groups excluding carboxylic acids is 2. The van der Waals surface area contributed by atoms with E-state index < -0.39 is 17.5 Å². The molecular formula is C12H16N2O4. The van der Waals surface area contributed by atoms with Gasteiger partial charge in [0.05, 0.1) is 13.7 Å². The van der Waals surface area contributed by atoms with E-state index in [0.717, 1.165) is 0 Å². The standard InChI is InChI=1S/C12H16N2O4/c1-12(17,11(16)18-2)7-14-9-5-3-4-8(6-9)10(13)15/h3-6,14,17H,7H2,1-2H3,(H2,13,15). The fourth-order valence-electron chi connectivity index (χ4n) is 1.35. The summed E-state index contributed by atoms with van der Waals surface area (Å²) in [6, 6.07) is 6.46. The van der Waals surface area contributed by atoms with Crippen molar-refractivity contribution in [2.75, 3.05) is 19.0 Å². The van der Waals surface area contributed by atoms with Gasteiger partial charge < -0.3 is 20.9 Å². The molecule has 0 radical (unpaired) electrons. The first-order valence-corrected chi connectivity index (χ1v) is 5.31. The van der Waals surface area contributed by atoms with Crippen molar-refractivity contribution in [3.63, 3.8) is 0 Å². The van der Waals surface area contributed by atoms with Crippen LogP contribution in [0, 0.1) is 0 Å². The predicted molar refractivity (Wildman–Crippen MR) is 66.1 cm³/mol. The summed E-state index contributed by atoms with van der Waals surface area (Å²) in [6.07, 6.45) is 0. The van der Waals surface area contributed by atoms with Crippen molar-refractivity contribution in [3.8, 4) is 0 Å². The molecule has 0 spiro atoms. The third-order valence-corrected chi connectivity index (χ3v) is 2.41. The lowest BCUT2D eigenvalue weighted by molar-refractivity contribution is -0.158. The maximum Gasteiger partial charge on any atom is 0.339 e. The van der Waals surface area contributed by atoms with Crippen LogP contribution in [0.4, 0.5) is 5.69 Å². The number of anilines is 1. The topological polar surface area (TPSA) is 102 Å². The van der Waals surface area contributed by atoms with Crippen molar-refractivity contribution in [3.05, 3.63) is 29.8 Å². The Hall–Kier alpha value is -2.08. The summed E-state index contributed by atoms with van der Waals surface area (Å²) >= 11 is 0. The van der Waals surface area contributed by atoms with Crippen LogP contribution in [0.2, 0.25) is 0 Å². The van der Waals surface area contributed by atoms with Gasteiger partial charge in [0.2, 0.25) is 5.91 Å². The molecule has 6 heteroatoms. The number of nitrogens with one attached hydrogen (secondary N) is 1. The van der Waals surface area contributed by atoms with E-state index in [0.29, 0.717) is 11.3 Å². The normalized spacial score (nSPS) is 13.5. The van der Waals surface area contributed by atoms with Gasteiger partial charge >= 0.3 is 5.97 Å². The van der Waals surface area contributed by atoms with E-state index in [1.807, 2.05) is 0 Å². The molecule has 0 aromatic heterocycles. The summed E-state index contributed by atoms with van der Waals surface area (Å²) in [4.78, 5) is 22.2. The van der Waals surface area contributed by atoms with Crippen LogP contribution in [0.1, 0.15) is 17.3 Å². The van der Waals surface area contributed by atoms with Gasteiger partial charge in [-0.15, -0.1) is 0 Å². The maximum absolute atomic E-state index is 11.2. The van der Waals surface area contributed by atoms with E-state index in [4.69, 9.17) is 5.73 Å². The summed E-state index contributed by atoms with van der Waals surface area (Å²) in [7, 11) is 1.20. The van der Waals surface area contributed by atoms with Crippen molar-refractivity contribution in [1.29, 1.82) is 0 Å². The number of nitrogens with two attached hydrogens (primary N) is 1. The van der Waals surface area contributed by atoms with E-state index in [1.165, 1.54) is 20.1 Å². The lowest BCUT2D eigenvalue weighted by atomic mass is 10.1. The molecule has 1 aromatic carbocycles. The van der Waals surface area contributed by atoms with Crippen molar-refractivity contribution in [2.24, 2.45) is 5.73 Å². The van der Waals surface area contributed by atoms with Crippen LogP contribution in [0.15, 0.2) is 24.3 Å². The highest BCUT2D eigenvalue weighted by Gasteiger charge is 2.31. The third kappa shape index (κ3) is 3.46. The van der Waals surface area contributed by atoms with Crippen LogP contribution in [0.3, 0.4) is 0 Å². The zero-order valence-electron chi connectivity index (χ0n) is 10.3. The number of benzene rings is 1. The fourth-order valence-corrected chi connectivity index (χ4v) is 1.35. The molecule has 4 N–H and O–H groups in total. The molecule has 0 saturated heterocycles. The number of aliphatic hydroxyl groups is 1. The van der Waals surface area contributed by atoms with Crippen LogP contribution in [0.25, 0.3) is 0 Å². The summed E-state index contributed by atoms with van der Waals surface area (Å²) < 4.78 is 4.46. The Morgan fingerprint density at radius 1 is 1.50 bits per heavy atom. The molecule has 0 fully saturated rings. The molecule has 6 nitrogen and oxygen atoms in total. The zero-order valence-corrected chi connectivity index (χ0v) is 10.3. The van der Waals surface area contributed by atoms with Gasteiger partial charge in [-0.25, -0.2) is 4.79 Å². The number of hydrogen-bond donors (Lipinski definition) is 3. The smallest absolute Gasteiger partial charge is 0.339 e. The van der Waals surface area contributed by atoms with Crippen LogP contribution >= 0.6 is 0 Å². The summed E-state index contributed by atoms with van der Waals surface area (Å²) in [5.74, 6) is -1.28. The average Bonchev–Trinajstić information content (AvgIpc) is 2.35. The van der Waals surface area contributed by atoms with Gasteiger partial charge in [-0.2, -0.15) is 0 Å². The van der Waals surface area contributed by atoms with Crippen molar-refractivity contribution in [1.82, 2.24) is 0 Å². The van der Waals surface area contributed by atoms with Gasteiger partial charge in [0, 0.05) is 11.3 Å². The van der Waals surface area contributed by atoms with Crippen LogP contribution in [-0.4, -0.2) is 36.2 Å². The lowest BCUT2D eigenvalue weighted by Gasteiger charge is -2.21. The SMILES string of the molecule is COC(=O)C(C)(O)CNc1cccc(C(N)=O)c1. The predicted octanol–water partition coefficient (Wildman–Crippen LogP) is 0.121. The number of carbonyl (C=O) groups is 2. The first kappa shape index (κ1) is 14.0. The van der Waals surface area contributed by atoms with Crippen molar-refractivity contribution >= 4 is 17.6 Å². The molecule has 0 aliphatic carbocycles. The summed E-state index contributed by atoms with van der Waals surface area (Å²) in [6.45, 7) is 1.30. The Kier molecular flexibility index (Phi) is 4.28. The molecule has 1 atom stereocenters. The number of primary amides is 1. The minimum Gasteiger partial charge on any atom is -0.467 e. The number of amides is 1. The lowest BCUT2D eigenvalue weighted by Crippen LogP contribution is -2.42. The van der Waals surface area contributed by atoms with Gasteiger partial charge in [-0.3, -0.25) is 4.79 Å². The molecule has 0 aliphatic heterocycles. The molecular weight excluding hydrogens is 236 g/mol. The second-order valence-electron chi connectivity index (χ2n) is 4.06. The van der Waals surface area contributed by atoms with Crippen LogP contribution in [-0.2, 0) is 9.53 Å². The highest BCUT2D eigenvalue weighted by atomic mass is 16.5. The number of esters is 1. The van der Waals surface area contributed by atoms with E-state index in [-0.39, 0.29) is 6.54 Å². The minimum absolute atomic E-state index is 0.0398. The Labute approximate surface area is 105 Å². The molecule has 1 unspecified atom stereocenters. The van der Waals surface area contributed by atoms with Gasteiger partial charge in [0.15, 0.2) is 5.60 Å². The Morgan fingerprint density at radius 3 is 2.72 bits per heavy atom. The number of rotatable bonds is 5. The molecule has 0 aliphatic rings. The second-order valence-corrected chi connectivity index (χ2v) is 4.06. The minimum atomic E-state index is -1.64. The molecule has 0 heterocycles. The molecule has 1 amide bonds. The molecule has 18 heavy (non-hydrogen) atoms. The maximum atomic E-state index is 11.2. The van der Waals surface area contributed by atoms with E-state index >= 15 is 0 Å². The van der Waals surface area contributed by atoms with E-state index in [9.17, 15) is 14.7 Å². The summed E-state index contributed by atoms with van der Waals surface area (Å²) in [5.41, 5.74) is 4.43. The number of ether oxygens (including phenoxy) is 1. The van der Waals surface area contributed by atoms with Crippen molar-refractivity contribution in [2.45, 2.75) is 12.5 Å². The molecule has 0 saturated carbocycles. The average molecular weight is 252 g/mol. The molecule has 0 bridgehead atoms. The summed E-state index contributed by atoms with van der Waals surface area (Å²) in [5, 5.41) is 12.6. The highest BCUT2D eigenvalue weighted by Crippen LogP contribution is 2.13. The zero-order chi connectivity index (χ0) is 13.8. The second kappa shape index (κ2) is 5.50. The third-order valence-electron chi connectivity index (χ3n) is 2.41. The van der Waals surface area contributed by atoms with Gasteiger partial charge in [0.1, 0.15) is 0 Å². The van der Waals surface area contributed by atoms with Gasteiger partial charge in [-0.1, -0.05) is 6.07 Å². The first-order valence-electron chi connectivity index (χ1n) is 5.31.